The molecule has 0 radical (unpaired) electrons. The average Bonchev–Trinajstić information content (AvgIpc) is 2.80. The highest BCUT2D eigenvalue weighted by Gasteiger charge is 2.20. The van der Waals surface area contributed by atoms with Gasteiger partial charge in [0.05, 0.1) is 5.56 Å². The second kappa shape index (κ2) is 5.01. The van der Waals surface area contributed by atoms with E-state index in [1.54, 1.807) is 31.2 Å². The molecule has 0 atom stereocenters. The van der Waals surface area contributed by atoms with Crippen LogP contribution in [-0.2, 0) is 0 Å². The zero-order valence-corrected chi connectivity index (χ0v) is 11.2. The van der Waals surface area contributed by atoms with Gasteiger partial charge in [-0.25, -0.2) is 8.78 Å². The van der Waals surface area contributed by atoms with Gasteiger partial charge in [-0.1, -0.05) is 23.4 Å². The van der Waals surface area contributed by atoms with Crippen molar-refractivity contribution in [3.05, 3.63) is 59.7 Å². The summed E-state index contributed by atoms with van der Waals surface area (Å²) >= 11 is 0. The minimum atomic E-state index is -0.443. The molecule has 3 rings (SSSR count). The minimum Gasteiger partial charge on any atom is -0.380 e. The molecule has 106 valence electrons. The Hall–Kier alpha value is -2.69. The molecule has 0 amide bonds. The minimum absolute atomic E-state index is 0.0667. The molecular weight excluding hydrogens is 274 g/mol. The van der Waals surface area contributed by atoms with Crippen LogP contribution in [0.5, 0.6) is 0 Å². The predicted molar refractivity (Wildman–Crippen MR) is 76.4 cm³/mol. The van der Waals surface area contributed by atoms with Gasteiger partial charge in [0, 0.05) is 11.1 Å². The van der Waals surface area contributed by atoms with Crippen molar-refractivity contribution in [1.82, 2.24) is 5.16 Å². The Morgan fingerprint density at radius 2 is 1.86 bits per heavy atom. The number of hydrogen-bond acceptors (Lipinski definition) is 3. The Kier molecular flexibility index (Phi) is 3.17. The van der Waals surface area contributed by atoms with E-state index in [4.69, 9.17) is 10.3 Å². The standard InChI is InChI=1S/C16H12F2N2O/c1-9-6-10(8-11(17)7-9)15-14(16(19)20-21-15)12-4-2-3-5-13(12)18/h2-8H,1H3,(H2,19,20). The van der Waals surface area contributed by atoms with E-state index < -0.39 is 11.6 Å². The smallest absolute Gasteiger partial charge is 0.177 e. The first kappa shape index (κ1) is 13.3. The van der Waals surface area contributed by atoms with Gasteiger partial charge < -0.3 is 10.3 Å². The molecule has 0 saturated carbocycles. The largest absolute Gasteiger partial charge is 0.380 e. The van der Waals surface area contributed by atoms with Crippen LogP contribution in [0.3, 0.4) is 0 Å². The lowest BCUT2D eigenvalue weighted by Gasteiger charge is -2.05. The topological polar surface area (TPSA) is 52.0 Å². The van der Waals surface area contributed by atoms with Gasteiger partial charge in [-0.15, -0.1) is 0 Å². The quantitative estimate of drug-likeness (QED) is 0.769. The summed E-state index contributed by atoms with van der Waals surface area (Å²) in [5, 5.41) is 3.68. The Bertz CT molecular complexity index is 792. The van der Waals surface area contributed by atoms with Gasteiger partial charge in [0.1, 0.15) is 11.6 Å². The first-order valence-electron chi connectivity index (χ1n) is 6.34. The van der Waals surface area contributed by atoms with Gasteiger partial charge in [0.15, 0.2) is 11.6 Å². The lowest BCUT2D eigenvalue weighted by Crippen LogP contribution is -1.92. The van der Waals surface area contributed by atoms with E-state index >= 15 is 0 Å². The Balaban J connectivity index is 2.24. The molecule has 0 aliphatic heterocycles. The van der Waals surface area contributed by atoms with Crippen molar-refractivity contribution < 1.29 is 13.3 Å². The van der Waals surface area contributed by atoms with Crippen molar-refractivity contribution in [2.45, 2.75) is 6.92 Å². The maximum absolute atomic E-state index is 14.0. The average molecular weight is 286 g/mol. The van der Waals surface area contributed by atoms with Crippen molar-refractivity contribution in [3.8, 4) is 22.5 Å². The fraction of sp³-hybridized carbons (Fsp3) is 0.0625. The van der Waals surface area contributed by atoms with Crippen LogP contribution >= 0.6 is 0 Å². The molecule has 1 aromatic heterocycles. The molecule has 1 heterocycles. The molecule has 0 bridgehead atoms. The third-order valence-electron chi connectivity index (χ3n) is 3.17. The number of rotatable bonds is 2. The molecule has 0 fully saturated rings. The molecule has 2 N–H and O–H groups in total. The van der Waals surface area contributed by atoms with Gasteiger partial charge >= 0.3 is 0 Å². The number of benzene rings is 2. The number of hydrogen-bond donors (Lipinski definition) is 1. The Morgan fingerprint density at radius 1 is 1.10 bits per heavy atom. The fourth-order valence-electron chi connectivity index (χ4n) is 2.29. The fourth-order valence-corrected chi connectivity index (χ4v) is 2.29. The van der Waals surface area contributed by atoms with Crippen molar-refractivity contribution in [2.24, 2.45) is 0 Å². The molecule has 0 aliphatic rings. The van der Waals surface area contributed by atoms with Gasteiger partial charge in [-0.3, -0.25) is 0 Å². The molecule has 0 saturated heterocycles. The molecule has 0 aliphatic carbocycles. The van der Waals surface area contributed by atoms with E-state index in [2.05, 4.69) is 5.16 Å². The number of aromatic nitrogens is 1. The van der Waals surface area contributed by atoms with Crippen LogP contribution in [0, 0.1) is 18.6 Å². The maximum atomic E-state index is 14.0. The third-order valence-corrected chi connectivity index (χ3v) is 3.17. The monoisotopic (exact) mass is 286 g/mol. The third kappa shape index (κ3) is 2.38. The predicted octanol–water partition coefficient (Wildman–Crippen LogP) is 4.18. The van der Waals surface area contributed by atoms with E-state index in [9.17, 15) is 8.78 Å². The number of nitrogens with two attached hydrogens (primary N) is 1. The van der Waals surface area contributed by atoms with Gasteiger partial charge in [-0.05, 0) is 36.8 Å². The summed E-state index contributed by atoms with van der Waals surface area (Å²) in [6.45, 7) is 1.76. The summed E-state index contributed by atoms with van der Waals surface area (Å²) < 4.78 is 32.7. The van der Waals surface area contributed by atoms with E-state index in [0.29, 0.717) is 11.1 Å². The highest BCUT2D eigenvalue weighted by atomic mass is 19.1. The van der Waals surface area contributed by atoms with Crippen LogP contribution in [0.2, 0.25) is 0 Å². The van der Waals surface area contributed by atoms with Crippen molar-refractivity contribution >= 4 is 5.82 Å². The van der Waals surface area contributed by atoms with Crippen LogP contribution in [0.1, 0.15) is 5.56 Å². The van der Waals surface area contributed by atoms with Crippen LogP contribution in [0.4, 0.5) is 14.6 Å². The first-order valence-corrected chi connectivity index (χ1v) is 6.34. The second-order valence-corrected chi connectivity index (χ2v) is 4.77. The lowest BCUT2D eigenvalue weighted by molar-refractivity contribution is 0.435. The molecule has 0 spiro atoms. The van der Waals surface area contributed by atoms with Crippen molar-refractivity contribution in [1.29, 1.82) is 0 Å². The number of nitrogen functional groups attached to an aromatic ring is 1. The Labute approximate surface area is 120 Å². The normalized spacial score (nSPS) is 10.8. The summed E-state index contributed by atoms with van der Waals surface area (Å²) in [4.78, 5) is 0. The molecular formula is C16H12F2N2O. The zero-order chi connectivity index (χ0) is 15.0. The molecule has 21 heavy (non-hydrogen) atoms. The summed E-state index contributed by atoms with van der Waals surface area (Å²) in [6, 6.07) is 10.6. The highest BCUT2D eigenvalue weighted by molar-refractivity contribution is 5.86. The lowest BCUT2D eigenvalue weighted by atomic mass is 10.00. The molecule has 5 heteroatoms. The summed E-state index contributed by atoms with van der Waals surface area (Å²) in [6.07, 6.45) is 0. The van der Waals surface area contributed by atoms with E-state index in [-0.39, 0.29) is 17.1 Å². The van der Waals surface area contributed by atoms with E-state index in [0.717, 1.165) is 5.56 Å². The second-order valence-electron chi connectivity index (χ2n) is 4.77. The SMILES string of the molecule is Cc1cc(F)cc(-c2onc(N)c2-c2ccccc2F)c1. The number of aryl methyl sites for hydroxylation is 1. The van der Waals surface area contributed by atoms with Crippen LogP contribution in [-0.4, -0.2) is 5.16 Å². The van der Waals surface area contributed by atoms with Crippen molar-refractivity contribution in [2.75, 3.05) is 5.73 Å². The van der Waals surface area contributed by atoms with Crippen molar-refractivity contribution in [3.63, 3.8) is 0 Å². The first-order chi connectivity index (χ1) is 10.1. The van der Waals surface area contributed by atoms with E-state index in [1.165, 1.54) is 18.2 Å². The van der Waals surface area contributed by atoms with Gasteiger partial charge in [0.25, 0.3) is 0 Å². The molecule has 2 aromatic carbocycles. The van der Waals surface area contributed by atoms with Crippen LogP contribution < -0.4 is 5.73 Å². The van der Waals surface area contributed by atoms with Crippen LogP contribution in [0.15, 0.2) is 47.0 Å². The summed E-state index contributed by atoms with van der Waals surface area (Å²) in [7, 11) is 0. The Morgan fingerprint density at radius 3 is 2.57 bits per heavy atom. The van der Waals surface area contributed by atoms with Gasteiger partial charge in [0.2, 0.25) is 0 Å². The van der Waals surface area contributed by atoms with Crippen LogP contribution in [0.25, 0.3) is 22.5 Å². The van der Waals surface area contributed by atoms with E-state index in [1.807, 2.05) is 0 Å². The molecule has 3 nitrogen and oxygen atoms in total. The number of anilines is 1. The number of halogens is 2. The summed E-state index contributed by atoms with van der Waals surface area (Å²) in [5.41, 5.74) is 7.58. The highest BCUT2D eigenvalue weighted by Crippen LogP contribution is 2.38. The maximum Gasteiger partial charge on any atom is 0.177 e. The molecule has 0 unspecified atom stereocenters. The number of nitrogens with zero attached hydrogens (tertiary/aromatic N) is 1. The zero-order valence-electron chi connectivity index (χ0n) is 11.2. The van der Waals surface area contributed by atoms with Gasteiger partial charge in [-0.2, -0.15) is 0 Å². The molecule has 3 aromatic rings. The summed E-state index contributed by atoms with van der Waals surface area (Å²) in [5.74, 6) is -0.529.